The van der Waals surface area contributed by atoms with E-state index in [0.29, 0.717) is 0 Å². The van der Waals surface area contributed by atoms with Crippen LogP contribution in [0.4, 0.5) is 18.9 Å². The largest absolute Gasteiger partial charge is 0.450 e. The molecular weight excluding hydrogens is 275 g/mol. The monoisotopic (exact) mass is 281 g/mol. The maximum atomic E-state index is 12.1. The van der Waals surface area contributed by atoms with E-state index in [0.717, 1.165) is 4.47 Å². The zero-order valence-electron chi connectivity index (χ0n) is 7.35. The van der Waals surface area contributed by atoms with Gasteiger partial charge in [0.25, 0.3) is 0 Å². The number of anilines is 1. The number of nitrogens with one attached hydrogen (secondary N) is 1. The Morgan fingerprint density at radius 2 is 1.73 bits per heavy atom. The fourth-order valence-corrected chi connectivity index (χ4v) is 1.13. The average molecular weight is 282 g/mol. The normalized spacial score (nSPS) is 11.3. The lowest BCUT2D eigenvalue weighted by molar-refractivity contribution is -0.0609. The number of hydrazine groups is 1. The average Bonchev–Trinajstić information content (AvgIpc) is 2.15. The molecule has 0 radical (unpaired) electrons. The topological polar surface area (TPSA) is 53.1 Å². The van der Waals surface area contributed by atoms with Gasteiger partial charge in [-0.2, -0.15) is 13.2 Å². The molecule has 0 heterocycles. The van der Waals surface area contributed by atoms with E-state index in [-0.39, 0.29) is 10.7 Å². The third-order valence-electron chi connectivity index (χ3n) is 1.61. The highest BCUT2D eigenvalue weighted by atomic mass is 79.9. The molecule has 0 fully saturated rings. The van der Waals surface area contributed by atoms with Crippen LogP contribution < -0.4 is 10.9 Å². The molecule has 0 amide bonds. The summed E-state index contributed by atoms with van der Waals surface area (Å²) in [6, 6.07) is 5.84. The van der Waals surface area contributed by atoms with Gasteiger partial charge in [-0.05, 0) is 24.3 Å². The summed E-state index contributed by atoms with van der Waals surface area (Å²) in [4.78, 5) is 0. The predicted molar refractivity (Wildman–Crippen MR) is 54.6 cm³/mol. The second-order valence-corrected chi connectivity index (χ2v) is 3.61. The molecule has 0 saturated carbocycles. The Morgan fingerprint density at radius 1 is 1.27 bits per heavy atom. The first-order valence-corrected chi connectivity index (χ1v) is 4.58. The van der Waals surface area contributed by atoms with Crippen molar-refractivity contribution in [1.29, 1.82) is 5.41 Å². The molecular formula is C8H7BrF3N3. The van der Waals surface area contributed by atoms with Gasteiger partial charge in [0, 0.05) is 4.47 Å². The number of alkyl halides is 3. The molecule has 0 aliphatic heterocycles. The van der Waals surface area contributed by atoms with Gasteiger partial charge in [0.05, 0.1) is 5.69 Å². The van der Waals surface area contributed by atoms with Crippen LogP contribution in [0.25, 0.3) is 0 Å². The fraction of sp³-hybridized carbons (Fsp3) is 0.125. The van der Waals surface area contributed by atoms with Crippen molar-refractivity contribution in [3.63, 3.8) is 0 Å². The van der Waals surface area contributed by atoms with Gasteiger partial charge >= 0.3 is 6.18 Å². The minimum Gasteiger partial charge on any atom is -0.279 e. The Bertz CT molecular complexity index is 360. The number of halogens is 4. The van der Waals surface area contributed by atoms with E-state index in [2.05, 4.69) is 15.9 Å². The highest BCUT2D eigenvalue weighted by Crippen LogP contribution is 2.22. The van der Waals surface area contributed by atoms with Gasteiger partial charge < -0.3 is 0 Å². The maximum Gasteiger partial charge on any atom is 0.450 e. The Morgan fingerprint density at radius 3 is 2.13 bits per heavy atom. The first-order valence-electron chi connectivity index (χ1n) is 3.78. The summed E-state index contributed by atoms with van der Waals surface area (Å²) in [7, 11) is 0. The Labute approximate surface area is 92.3 Å². The molecule has 82 valence electrons. The highest BCUT2D eigenvalue weighted by molar-refractivity contribution is 9.10. The molecule has 0 saturated heterocycles. The summed E-state index contributed by atoms with van der Waals surface area (Å²) in [5.41, 5.74) is 0.0977. The van der Waals surface area contributed by atoms with Crippen molar-refractivity contribution in [3.8, 4) is 0 Å². The van der Waals surface area contributed by atoms with Gasteiger partial charge in [0.1, 0.15) is 0 Å². The molecule has 0 spiro atoms. The van der Waals surface area contributed by atoms with Crippen molar-refractivity contribution in [3.05, 3.63) is 28.7 Å². The van der Waals surface area contributed by atoms with Gasteiger partial charge in [-0.1, -0.05) is 15.9 Å². The van der Waals surface area contributed by atoms with E-state index in [1.54, 1.807) is 12.1 Å². The summed E-state index contributed by atoms with van der Waals surface area (Å²) in [6.45, 7) is 0. The maximum absolute atomic E-state index is 12.1. The van der Waals surface area contributed by atoms with Crippen LogP contribution in [-0.4, -0.2) is 12.0 Å². The minimum absolute atomic E-state index is 0.0977. The first kappa shape index (κ1) is 12.0. The molecule has 0 aliphatic rings. The van der Waals surface area contributed by atoms with Crippen molar-refractivity contribution in [2.24, 2.45) is 5.84 Å². The van der Waals surface area contributed by atoms with Crippen LogP contribution in [0.5, 0.6) is 0 Å². The molecule has 7 heteroatoms. The minimum atomic E-state index is -4.75. The lowest BCUT2D eigenvalue weighted by Crippen LogP contribution is -2.45. The van der Waals surface area contributed by atoms with Gasteiger partial charge in [-0.3, -0.25) is 10.4 Å². The number of benzene rings is 1. The lowest BCUT2D eigenvalue weighted by atomic mass is 10.3. The molecule has 3 nitrogen and oxygen atoms in total. The second-order valence-electron chi connectivity index (χ2n) is 2.69. The van der Waals surface area contributed by atoms with Crippen molar-refractivity contribution >= 4 is 27.5 Å². The summed E-state index contributed by atoms with van der Waals surface area (Å²) >= 11 is 3.14. The summed E-state index contributed by atoms with van der Waals surface area (Å²) in [5, 5.41) is 7.09. The van der Waals surface area contributed by atoms with Crippen molar-refractivity contribution in [2.75, 3.05) is 5.01 Å². The number of rotatable bonds is 1. The standard InChI is InChI=1S/C8H7BrF3N3/c9-5-1-3-6(4-2-5)15(14)7(13)8(10,11)12/h1-4,13H,14H2. The van der Waals surface area contributed by atoms with Crippen LogP contribution in [0.1, 0.15) is 0 Å². The zero-order chi connectivity index (χ0) is 11.6. The van der Waals surface area contributed by atoms with Gasteiger partial charge in [-0.15, -0.1) is 0 Å². The molecule has 0 aliphatic carbocycles. The predicted octanol–water partition coefficient (Wildman–Crippen LogP) is 2.67. The van der Waals surface area contributed by atoms with E-state index in [1.165, 1.54) is 12.1 Å². The highest BCUT2D eigenvalue weighted by Gasteiger charge is 2.38. The molecule has 15 heavy (non-hydrogen) atoms. The van der Waals surface area contributed by atoms with Crippen LogP contribution in [-0.2, 0) is 0 Å². The van der Waals surface area contributed by atoms with Crippen LogP contribution in [0.3, 0.4) is 0 Å². The van der Waals surface area contributed by atoms with E-state index in [4.69, 9.17) is 11.3 Å². The molecule has 1 aromatic rings. The fourth-order valence-electron chi connectivity index (χ4n) is 0.867. The molecule has 0 bridgehead atoms. The van der Waals surface area contributed by atoms with Crippen LogP contribution in [0.15, 0.2) is 28.7 Å². The van der Waals surface area contributed by atoms with Gasteiger partial charge in [0.15, 0.2) is 0 Å². The van der Waals surface area contributed by atoms with Gasteiger partial charge in [-0.25, -0.2) is 5.84 Å². The third-order valence-corrected chi connectivity index (χ3v) is 2.14. The SMILES string of the molecule is N=C(N(N)c1ccc(Br)cc1)C(F)(F)F. The van der Waals surface area contributed by atoms with Crippen molar-refractivity contribution in [1.82, 2.24) is 0 Å². The summed E-state index contributed by atoms with van der Waals surface area (Å²) in [6.07, 6.45) is -4.75. The van der Waals surface area contributed by atoms with E-state index in [1.807, 2.05) is 0 Å². The number of nitrogens with two attached hydrogens (primary N) is 1. The first-order chi connectivity index (χ1) is 6.82. The number of hydrogen-bond donors (Lipinski definition) is 2. The van der Waals surface area contributed by atoms with Gasteiger partial charge in [0.2, 0.25) is 5.84 Å². The lowest BCUT2D eigenvalue weighted by Gasteiger charge is -2.20. The van der Waals surface area contributed by atoms with Crippen molar-refractivity contribution < 1.29 is 13.2 Å². The Kier molecular flexibility index (Phi) is 3.35. The molecule has 0 atom stereocenters. The summed E-state index contributed by atoms with van der Waals surface area (Å²) in [5.74, 6) is 3.54. The molecule has 1 aromatic carbocycles. The van der Waals surface area contributed by atoms with E-state index < -0.39 is 12.0 Å². The quantitative estimate of drug-likeness (QED) is 0.360. The number of hydrogen-bond acceptors (Lipinski definition) is 2. The van der Waals surface area contributed by atoms with E-state index >= 15 is 0 Å². The smallest absolute Gasteiger partial charge is 0.279 e. The van der Waals surface area contributed by atoms with Crippen LogP contribution in [0, 0.1) is 5.41 Å². The zero-order valence-corrected chi connectivity index (χ0v) is 8.93. The third kappa shape index (κ3) is 2.93. The molecule has 1 rings (SSSR count). The molecule has 3 N–H and O–H groups in total. The Balaban J connectivity index is 2.90. The van der Waals surface area contributed by atoms with Crippen LogP contribution in [0.2, 0.25) is 0 Å². The van der Waals surface area contributed by atoms with E-state index in [9.17, 15) is 13.2 Å². The van der Waals surface area contributed by atoms with Crippen LogP contribution >= 0.6 is 15.9 Å². The molecule has 0 unspecified atom stereocenters. The molecule has 0 aromatic heterocycles. The number of amidine groups is 1. The Hall–Kier alpha value is -1.08. The summed E-state index contributed by atoms with van der Waals surface area (Å²) < 4.78 is 37.0. The second kappa shape index (κ2) is 4.19. The van der Waals surface area contributed by atoms with Crippen molar-refractivity contribution in [2.45, 2.75) is 6.18 Å². The number of nitrogens with zero attached hydrogens (tertiary/aromatic N) is 1.